The largest absolute Gasteiger partial charge is 0.441 e. The summed E-state index contributed by atoms with van der Waals surface area (Å²) in [6.07, 6.45) is 0. The molecule has 0 aliphatic rings. The van der Waals surface area contributed by atoms with Gasteiger partial charge in [0.05, 0.1) is 11.4 Å². The van der Waals surface area contributed by atoms with Crippen LogP contribution in [-0.4, -0.2) is 22.0 Å². The maximum atomic E-state index is 5.56. The van der Waals surface area contributed by atoms with Gasteiger partial charge in [-0.25, -0.2) is 9.97 Å². The third kappa shape index (κ3) is 2.29. The van der Waals surface area contributed by atoms with Gasteiger partial charge < -0.3 is 14.7 Å². The molecule has 0 saturated heterocycles. The molecule has 0 fully saturated rings. The molecule has 3 aromatic rings. The van der Waals surface area contributed by atoms with Gasteiger partial charge in [0.25, 0.3) is 0 Å². The van der Waals surface area contributed by atoms with Crippen LogP contribution in [0.5, 0.6) is 0 Å². The molecule has 0 unspecified atom stereocenters. The van der Waals surface area contributed by atoms with Crippen molar-refractivity contribution in [3.63, 3.8) is 0 Å². The van der Waals surface area contributed by atoms with Crippen molar-refractivity contribution >= 4 is 27.0 Å². The molecule has 0 aliphatic heterocycles. The zero-order chi connectivity index (χ0) is 13.4. The number of fused-ring (bicyclic) bond motifs is 1. The summed E-state index contributed by atoms with van der Waals surface area (Å²) in [5.74, 6) is 0.672. The number of benzene rings is 1. The fourth-order valence-electron chi connectivity index (χ4n) is 2.11. The van der Waals surface area contributed by atoms with Crippen molar-refractivity contribution in [1.82, 2.24) is 20.3 Å². The zero-order valence-corrected chi connectivity index (χ0v) is 12.2. The highest BCUT2D eigenvalue weighted by molar-refractivity contribution is 9.10. The number of H-pyrrole nitrogens is 1. The molecule has 5 nitrogen and oxygen atoms in total. The lowest BCUT2D eigenvalue weighted by Crippen LogP contribution is -2.06. The molecule has 1 aromatic carbocycles. The molecule has 0 radical (unpaired) electrons. The Hall–Kier alpha value is -1.66. The lowest BCUT2D eigenvalue weighted by atomic mass is 10.1. The van der Waals surface area contributed by atoms with Crippen LogP contribution in [-0.2, 0) is 6.54 Å². The summed E-state index contributed by atoms with van der Waals surface area (Å²) >= 11 is 3.37. The third-order valence-corrected chi connectivity index (χ3v) is 3.25. The molecule has 2 aromatic heterocycles. The van der Waals surface area contributed by atoms with E-state index >= 15 is 0 Å². The highest BCUT2D eigenvalue weighted by Gasteiger charge is 2.12. The lowest BCUT2D eigenvalue weighted by molar-refractivity contribution is 0.561. The Bertz CT molecular complexity index is 731. The number of halogens is 1. The van der Waals surface area contributed by atoms with Crippen LogP contribution in [0.4, 0.5) is 0 Å². The summed E-state index contributed by atoms with van der Waals surface area (Å²) in [6.45, 7) is 2.57. The molecule has 0 aliphatic carbocycles. The van der Waals surface area contributed by atoms with Gasteiger partial charge in [0, 0.05) is 19.0 Å². The van der Waals surface area contributed by atoms with Crippen molar-refractivity contribution in [1.29, 1.82) is 0 Å². The van der Waals surface area contributed by atoms with Crippen molar-refractivity contribution < 1.29 is 4.42 Å². The Balaban J connectivity index is 2.12. The van der Waals surface area contributed by atoms with Crippen molar-refractivity contribution in [2.45, 2.75) is 13.5 Å². The predicted molar refractivity (Wildman–Crippen MR) is 76.8 cm³/mol. The molecule has 19 heavy (non-hydrogen) atoms. The highest BCUT2D eigenvalue weighted by atomic mass is 79.9. The van der Waals surface area contributed by atoms with Gasteiger partial charge in [-0.3, -0.25) is 0 Å². The fourth-order valence-corrected chi connectivity index (χ4v) is 2.52. The minimum Gasteiger partial charge on any atom is -0.441 e. The van der Waals surface area contributed by atoms with Crippen molar-refractivity contribution in [3.8, 4) is 11.3 Å². The number of oxazole rings is 1. The molecule has 0 amide bonds. The summed E-state index contributed by atoms with van der Waals surface area (Å²) in [4.78, 5) is 12.0. The lowest BCUT2D eigenvalue weighted by Gasteiger charge is -2.01. The monoisotopic (exact) mass is 320 g/mol. The van der Waals surface area contributed by atoms with Gasteiger partial charge in [0.1, 0.15) is 5.52 Å². The van der Waals surface area contributed by atoms with Gasteiger partial charge in [-0.1, -0.05) is 6.07 Å². The van der Waals surface area contributed by atoms with Gasteiger partial charge in [-0.2, -0.15) is 0 Å². The minimum atomic E-state index is 0.672. The van der Waals surface area contributed by atoms with Crippen LogP contribution in [0.3, 0.4) is 0 Å². The highest BCUT2D eigenvalue weighted by Crippen LogP contribution is 2.27. The van der Waals surface area contributed by atoms with Crippen LogP contribution < -0.4 is 5.32 Å². The SMILES string of the molecule is CNCc1[nH]c(Br)nc1-c1ccc2nc(C)oc2c1. The fraction of sp³-hybridized carbons (Fsp3) is 0.231. The Labute approximate surface area is 118 Å². The van der Waals surface area contributed by atoms with Gasteiger partial charge >= 0.3 is 0 Å². The zero-order valence-electron chi connectivity index (χ0n) is 10.6. The van der Waals surface area contributed by atoms with Crippen LogP contribution in [0.25, 0.3) is 22.4 Å². The molecule has 0 saturated carbocycles. The number of imidazole rings is 1. The number of rotatable bonds is 3. The molecule has 3 rings (SSSR count). The first-order valence-corrected chi connectivity index (χ1v) is 6.73. The van der Waals surface area contributed by atoms with Crippen molar-refractivity contribution in [3.05, 3.63) is 34.5 Å². The molecule has 0 spiro atoms. The Kier molecular flexibility index (Phi) is 3.12. The van der Waals surface area contributed by atoms with Crippen LogP contribution in [0.15, 0.2) is 27.3 Å². The summed E-state index contributed by atoms with van der Waals surface area (Å²) in [6, 6.07) is 5.93. The molecular weight excluding hydrogens is 308 g/mol. The number of hydrogen-bond acceptors (Lipinski definition) is 4. The van der Waals surface area contributed by atoms with Crippen LogP contribution in [0.2, 0.25) is 0 Å². The van der Waals surface area contributed by atoms with Gasteiger partial charge in [-0.15, -0.1) is 0 Å². The molecule has 0 bridgehead atoms. The van der Waals surface area contributed by atoms with Crippen LogP contribution in [0, 0.1) is 6.92 Å². The molecule has 2 N–H and O–H groups in total. The van der Waals surface area contributed by atoms with E-state index < -0.39 is 0 Å². The number of aromatic amines is 1. The molecule has 0 atom stereocenters. The van der Waals surface area contributed by atoms with Crippen molar-refractivity contribution in [2.24, 2.45) is 0 Å². The maximum absolute atomic E-state index is 5.56. The second-order valence-corrected chi connectivity index (χ2v) is 5.05. The minimum absolute atomic E-state index is 0.672. The van der Waals surface area contributed by atoms with E-state index in [0.717, 1.165) is 39.3 Å². The average Bonchev–Trinajstić information content (AvgIpc) is 2.90. The van der Waals surface area contributed by atoms with E-state index in [1.807, 2.05) is 32.2 Å². The van der Waals surface area contributed by atoms with E-state index in [-0.39, 0.29) is 0 Å². The number of nitrogens with one attached hydrogen (secondary N) is 2. The maximum Gasteiger partial charge on any atom is 0.192 e. The van der Waals surface area contributed by atoms with Gasteiger partial charge in [0.15, 0.2) is 16.2 Å². The van der Waals surface area contributed by atoms with E-state index in [4.69, 9.17) is 4.42 Å². The Morgan fingerprint density at radius 1 is 1.37 bits per heavy atom. The molecular formula is C13H13BrN4O. The summed E-state index contributed by atoms with van der Waals surface area (Å²) < 4.78 is 6.28. The van der Waals surface area contributed by atoms with Crippen LogP contribution >= 0.6 is 15.9 Å². The second-order valence-electron chi connectivity index (χ2n) is 4.30. The number of aryl methyl sites for hydroxylation is 1. The first kappa shape index (κ1) is 12.4. The summed E-state index contributed by atoms with van der Waals surface area (Å²) in [7, 11) is 1.90. The van der Waals surface area contributed by atoms with Crippen LogP contribution in [0.1, 0.15) is 11.6 Å². The smallest absolute Gasteiger partial charge is 0.192 e. The second kappa shape index (κ2) is 4.79. The summed E-state index contributed by atoms with van der Waals surface area (Å²) in [5, 5.41) is 3.12. The average molecular weight is 321 g/mol. The first-order valence-electron chi connectivity index (χ1n) is 5.94. The number of aromatic nitrogens is 3. The molecule has 2 heterocycles. The summed E-state index contributed by atoms with van der Waals surface area (Å²) in [5.41, 5.74) is 4.61. The standard InChI is InChI=1S/C13H13BrN4O/c1-7-16-9-4-3-8(5-11(9)19-7)12-10(6-15-2)17-13(14)18-12/h3-5,15H,6H2,1-2H3,(H,17,18). The van der Waals surface area contributed by atoms with Crippen molar-refractivity contribution in [2.75, 3.05) is 7.05 Å². The molecule has 6 heteroatoms. The van der Waals surface area contributed by atoms with E-state index in [1.165, 1.54) is 0 Å². The molecule has 98 valence electrons. The van der Waals surface area contributed by atoms with Gasteiger partial charge in [0.2, 0.25) is 0 Å². The first-order chi connectivity index (χ1) is 9.17. The van der Waals surface area contributed by atoms with Gasteiger partial charge in [-0.05, 0) is 35.1 Å². The number of hydrogen-bond donors (Lipinski definition) is 2. The predicted octanol–water partition coefficient (Wildman–Crippen LogP) is 3.01. The van der Waals surface area contributed by atoms with E-state index in [0.29, 0.717) is 5.89 Å². The Morgan fingerprint density at radius 3 is 3.00 bits per heavy atom. The van der Waals surface area contributed by atoms with E-state index in [1.54, 1.807) is 0 Å². The van der Waals surface area contributed by atoms with E-state index in [2.05, 4.69) is 36.2 Å². The third-order valence-electron chi connectivity index (χ3n) is 2.87. The Morgan fingerprint density at radius 2 is 2.21 bits per heavy atom. The normalized spacial score (nSPS) is 11.3. The topological polar surface area (TPSA) is 66.7 Å². The quantitative estimate of drug-likeness (QED) is 0.778. The number of nitrogens with zero attached hydrogens (tertiary/aromatic N) is 2. The van der Waals surface area contributed by atoms with E-state index in [9.17, 15) is 0 Å².